The predicted molar refractivity (Wildman–Crippen MR) is 77.6 cm³/mol. The van der Waals surface area contributed by atoms with Crippen LogP contribution in [0.5, 0.6) is 0 Å². The van der Waals surface area contributed by atoms with Gasteiger partial charge in [0.2, 0.25) is 5.91 Å². The van der Waals surface area contributed by atoms with E-state index < -0.39 is 0 Å². The third kappa shape index (κ3) is 4.72. The summed E-state index contributed by atoms with van der Waals surface area (Å²) in [7, 11) is 0. The molecule has 0 aromatic rings. The van der Waals surface area contributed by atoms with Crippen molar-refractivity contribution < 1.29 is 14.3 Å². The van der Waals surface area contributed by atoms with Crippen molar-refractivity contribution in [3.05, 3.63) is 0 Å². The maximum Gasteiger partial charge on any atom is 0.227 e. The Labute approximate surface area is 121 Å². The molecule has 1 aliphatic heterocycles. The number of carbonyl (C=O) groups excluding carboxylic acids is 1. The summed E-state index contributed by atoms with van der Waals surface area (Å²) in [4.78, 5) is 12.1. The van der Waals surface area contributed by atoms with E-state index in [0.717, 1.165) is 6.54 Å². The number of likely N-dealkylation sites (N-methyl/N-ethyl adjacent to an activating group) is 1. The van der Waals surface area contributed by atoms with Crippen molar-refractivity contribution in [3.8, 4) is 0 Å². The van der Waals surface area contributed by atoms with Gasteiger partial charge in [-0.3, -0.25) is 4.79 Å². The summed E-state index contributed by atoms with van der Waals surface area (Å²) < 4.78 is 11.2. The van der Waals surface area contributed by atoms with Crippen LogP contribution in [0.2, 0.25) is 0 Å². The first kappa shape index (κ1) is 15.7. The minimum absolute atomic E-state index is 0.0652. The average Bonchev–Trinajstić information content (AvgIpc) is 2.93. The van der Waals surface area contributed by atoms with Crippen molar-refractivity contribution in [2.75, 3.05) is 32.9 Å². The highest BCUT2D eigenvalue weighted by Crippen LogP contribution is 2.20. The second-order valence-corrected chi connectivity index (χ2v) is 5.73. The Morgan fingerprint density at radius 1 is 1.25 bits per heavy atom. The summed E-state index contributed by atoms with van der Waals surface area (Å²) in [6, 6.07) is 0.152. The molecule has 2 atom stereocenters. The molecule has 2 fully saturated rings. The number of ether oxygens (including phenoxy) is 2. The molecule has 1 saturated carbocycles. The normalized spacial score (nSPS) is 27.6. The quantitative estimate of drug-likeness (QED) is 0.687. The van der Waals surface area contributed by atoms with E-state index in [0.29, 0.717) is 32.5 Å². The molecule has 20 heavy (non-hydrogen) atoms. The third-order valence-electron chi connectivity index (χ3n) is 4.19. The van der Waals surface area contributed by atoms with Crippen LogP contribution < -0.4 is 10.6 Å². The van der Waals surface area contributed by atoms with Crippen LogP contribution in [0.3, 0.4) is 0 Å². The van der Waals surface area contributed by atoms with Gasteiger partial charge in [0.15, 0.2) is 0 Å². The fourth-order valence-corrected chi connectivity index (χ4v) is 3.04. The summed E-state index contributed by atoms with van der Waals surface area (Å²) in [6.07, 6.45) is 6.65. The highest BCUT2D eigenvalue weighted by Gasteiger charge is 2.33. The zero-order valence-corrected chi connectivity index (χ0v) is 12.5. The fraction of sp³-hybridized carbons (Fsp3) is 0.933. The van der Waals surface area contributed by atoms with E-state index >= 15 is 0 Å². The Morgan fingerprint density at radius 2 is 2.05 bits per heavy atom. The lowest BCUT2D eigenvalue weighted by atomic mass is 9.98. The maximum atomic E-state index is 12.1. The largest absolute Gasteiger partial charge is 0.379 e. The number of amides is 1. The SMILES string of the molecule is CCNC1COCC1C(=O)NCCOC1CCCCC1. The third-order valence-corrected chi connectivity index (χ3v) is 4.19. The van der Waals surface area contributed by atoms with Crippen LogP contribution in [0.4, 0.5) is 0 Å². The summed E-state index contributed by atoms with van der Waals surface area (Å²) in [5, 5.41) is 6.27. The Balaban J connectivity index is 1.59. The smallest absolute Gasteiger partial charge is 0.227 e. The van der Waals surface area contributed by atoms with Crippen molar-refractivity contribution in [1.82, 2.24) is 10.6 Å². The minimum Gasteiger partial charge on any atom is -0.379 e. The lowest BCUT2D eigenvalue weighted by Gasteiger charge is -2.22. The van der Waals surface area contributed by atoms with Crippen molar-refractivity contribution in [2.24, 2.45) is 5.92 Å². The first-order chi connectivity index (χ1) is 9.81. The van der Waals surface area contributed by atoms with Gasteiger partial charge in [0, 0.05) is 12.6 Å². The Morgan fingerprint density at radius 3 is 2.80 bits per heavy atom. The molecule has 1 amide bonds. The van der Waals surface area contributed by atoms with Crippen molar-refractivity contribution >= 4 is 5.91 Å². The molecule has 0 spiro atoms. The van der Waals surface area contributed by atoms with Crippen LogP contribution >= 0.6 is 0 Å². The van der Waals surface area contributed by atoms with E-state index in [1.807, 2.05) is 6.92 Å². The maximum absolute atomic E-state index is 12.1. The van der Waals surface area contributed by atoms with Crippen molar-refractivity contribution in [3.63, 3.8) is 0 Å². The van der Waals surface area contributed by atoms with Crippen LogP contribution in [0.1, 0.15) is 39.0 Å². The van der Waals surface area contributed by atoms with E-state index in [1.165, 1.54) is 32.1 Å². The predicted octanol–water partition coefficient (Wildman–Crippen LogP) is 1.08. The van der Waals surface area contributed by atoms with Gasteiger partial charge < -0.3 is 20.1 Å². The Kier molecular flexibility index (Phi) is 6.76. The average molecular weight is 284 g/mol. The van der Waals surface area contributed by atoms with Gasteiger partial charge in [0.1, 0.15) is 0 Å². The summed E-state index contributed by atoms with van der Waals surface area (Å²) in [5.74, 6) is 0.0188. The Bertz CT molecular complexity index is 293. The molecule has 5 nitrogen and oxygen atoms in total. The molecule has 2 aliphatic rings. The summed E-state index contributed by atoms with van der Waals surface area (Å²) in [6.45, 7) is 5.28. The van der Waals surface area contributed by atoms with Crippen LogP contribution in [0.25, 0.3) is 0 Å². The monoisotopic (exact) mass is 284 g/mol. The standard InChI is InChI=1S/C15H28N2O3/c1-2-16-14-11-19-10-13(14)15(18)17-8-9-20-12-6-4-3-5-7-12/h12-14,16H,2-11H2,1H3,(H,17,18). The summed E-state index contributed by atoms with van der Waals surface area (Å²) >= 11 is 0. The van der Waals surface area contributed by atoms with E-state index in [-0.39, 0.29) is 17.9 Å². The molecule has 1 heterocycles. The highest BCUT2D eigenvalue weighted by atomic mass is 16.5. The topological polar surface area (TPSA) is 59.6 Å². The van der Waals surface area contributed by atoms with Crippen LogP contribution in [0.15, 0.2) is 0 Å². The van der Waals surface area contributed by atoms with E-state index in [2.05, 4.69) is 10.6 Å². The van der Waals surface area contributed by atoms with Crippen LogP contribution in [-0.2, 0) is 14.3 Å². The molecule has 1 aliphatic carbocycles. The molecule has 0 radical (unpaired) electrons. The molecule has 2 unspecified atom stereocenters. The summed E-state index contributed by atoms with van der Waals surface area (Å²) in [5.41, 5.74) is 0. The lowest BCUT2D eigenvalue weighted by Crippen LogP contribution is -2.44. The van der Waals surface area contributed by atoms with Crippen molar-refractivity contribution in [1.29, 1.82) is 0 Å². The van der Waals surface area contributed by atoms with E-state index in [9.17, 15) is 4.79 Å². The zero-order valence-electron chi connectivity index (χ0n) is 12.5. The number of rotatable bonds is 7. The molecule has 5 heteroatoms. The van der Waals surface area contributed by atoms with Gasteiger partial charge >= 0.3 is 0 Å². The molecule has 116 valence electrons. The number of carbonyl (C=O) groups is 1. The van der Waals surface area contributed by atoms with Crippen molar-refractivity contribution in [2.45, 2.75) is 51.2 Å². The number of hydrogen-bond donors (Lipinski definition) is 2. The molecular weight excluding hydrogens is 256 g/mol. The van der Waals surface area contributed by atoms with Crippen LogP contribution in [-0.4, -0.2) is 51.0 Å². The van der Waals surface area contributed by atoms with Gasteiger partial charge in [0.25, 0.3) is 0 Å². The van der Waals surface area contributed by atoms with Gasteiger partial charge in [-0.05, 0) is 19.4 Å². The highest BCUT2D eigenvalue weighted by molar-refractivity contribution is 5.79. The molecule has 0 bridgehead atoms. The second kappa shape index (κ2) is 8.60. The number of hydrogen-bond acceptors (Lipinski definition) is 4. The van der Waals surface area contributed by atoms with Gasteiger partial charge in [-0.1, -0.05) is 26.2 Å². The van der Waals surface area contributed by atoms with Gasteiger partial charge in [-0.25, -0.2) is 0 Å². The van der Waals surface area contributed by atoms with Gasteiger partial charge in [-0.2, -0.15) is 0 Å². The van der Waals surface area contributed by atoms with Gasteiger partial charge in [-0.15, -0.1) is 0 Å². The minimum atomic E-state index is -0.0652. The van der Waals surface area contributed by atoms with E-state index in [1.54, 1.807) is 0 Å². The molecule has 2 rings (SSSR count). The van der Waals surface area contributed by atoms with E-state index in [4.69, 9.17) is 9.47 Å². The molecular formula is C15H28N2O3. The lowest BCUT2D eigenvalue weighted by molar-refractivity contribution is -0.125. The molecule has 0 aromatic heterocycles. The Hall–Kier alpha value is -0.650. The molecule has 0 aromatic carbocycles. The van der Waals surface area contributed by atoms with Gasteiger partial charge in [0.05, 0.1) is 31.8 Å². The molecule has 2 N–H and O–H groups in total. The van der Waals surface area contributed by atoms with Crippen LogP contribution in [0, 0.1) is 5.92 Å². The number of nitrogens with one attached hydrogen (secondary N) is 2. The first-order valence-corrected chi connectivity index (χ1v) is 8.01. The first-order valence-electron chi connectivity index (χ1n) is 8.01. The fourth-order valence-electron chi connectivity index (χ4n) is 3.04. The molecule has 1 saturated heterocycles. The zero-order chi connectivity index (χ0) is 14.2. The second-order valence-electron chi connectivity index (χ2n) is 5.73.